The maximum atomic E-state index is 14.3. The van der Waals surface area contributed by atoms with Crippen molar-refractivity contribution < 1.29 is 136 Å². The lowest BCUT2D eigenvalue weighted by molar-refractivity contribution is -0.475. The first-order valence-electron chi connectivity index (χ1n) is 10.0. The smallest absolute Gasteiger partial charge is 0.304 e. The lowest BCUT2D eigenvalue weighted by atomic mass is 9.91. The number of benzene rings is 1. The van der Waals surface area contributed by atoms with Gasteiger partial charge in [0.25, 0.3) is 0 Å². The quantitative estimate of drug-likeness (QED) is 0.0973. The van der Waals surface area contributed by atoms with E-state index in [1.165, 1.54) is 0 Å². The van der Waals surface area contributed by atoms with Gasteiger partial charge in [0.05, 0.1) is 0 Å². The molecule has 0 unspecified atom stereocenters. The molecular weight excluding hydrogens is 800 g/mol. The molecule has 1 aromatic carbocycles. The van der Waals surface area contributed by atoms with Gasteiger partial charge in [-0.1, -0.05) is 0 Å². The van der Waals surface area contributed by atoms with Crippen molar-refractivity contribution in [3.8, 4) is 0 Å². The molecule has 1 aromatic rings. The maximum absolute atomic E-state index is 14.3. The SMILES string of the molecule is Fc1c(F)c(F)c([Si](OC(F)(F)F)(OC(F)(F)F)OC(F)(F)C(F)(F)C(F)(F)C(F)(F)C(F)(F)C(F)(F)C(F)(F)C(F)(F)F)c(F)c1F. The van der Waals surface area contributed by atoms with Crippen LogP contribution in [0.5, 0.6) is 0 Å². The Morgan fingerprint density at radius 2 is 0.562 bits per heavy atom. The van der Waals surface area contributed by atoms with Crippen molar-refractivity contribution in [2.24, 2.45) is 0 Å². The molecule has 1 rings (SSSR count). The third-order valence-corrected chi connectivity index (χ3v) is 7.55. The molecule has 0 fully saturated rings. The van der Waals surface area contributed by atoms with Crippen LogP contribution in [0.4, 0.5) is 123 Å². The van der Waals surface area contributed by atoms with Crippen LogP contribution in [0, 0.1) is 29.1 Å². The van der Waals surface area contributed by atoms with Crippen LogP contribution in [0.15, 0.2) is 0 Å². The van der Waals surface area contributed by atoms with E-state index in [9.17, 15) is 123 Å². The minimum atomic E-state index is -9.70. The van der Waals surface area contributed by atoms with Crippen LogP contribution < -0.4 is 5.19 Å². The highest BCUT2D eigenvalue weighted by molar-refractivity contribution is 6.75. The molecule has 0 aliphatic carbocycles. The molecule has 0 bridgehead atoms. The van der Waals surface area contributed by atoms with Crippen molar-refractivity contribution in [1.29, 1.82) is 0 Å². The molecule has 0 spiro atoms. The number of halogens is 28. The number of hydrogen-bond acceptors (Lipinski definition) is 3. The molecule has 0 N–H and O–H groups in total. The summed E-state index contributed by atoms with van der Waals surface area (Å²) < 4.78 is 379. The van der Waals surface area contributed by atoms with Gasteiger partial charge in [0.1, 0.15) is 5.19 Å². The molecule has 0 aliphatic heterocycles. The zero-order valence-electron chi connectivity index (χ0n) is 20.3. The van der Waals surface area contributed by atoms with Crippen molar-refractivity contribution in [2.75, 3.05) is 0 Å². The van der Waals surface area contributed by atoms with Gasteiger partial charge in [0.2, 0.25) is 5.82 Å². The van der Waals surface area contributed by atoms with Crippen molar-refractivity contribution in [3.05, 3.63) is 29.1 Å². The van der Waals surface area contributed by atoms with E-state index in [-0.39, 0.29) is 0 Å². The van der Waals surface area contributed by atoms with Gasteiger partial charge < -0.3 is 4.43 Å². The fraction of sp³-hybridized carbons (Fsp3) is 0.625. The molecule has 282 valence electrons. The first-order chi connectivity index (χ1) is 20.5. The summed E-state index contributed by atoms with van der Waals surface area (Å²) in [6.45, 7) is 0. The van der Waals surface area contributed by atoms with Crippen LogP contribution in [0.3, 0.4) is 0 Å². The van der Waals surface area contributed by atoms with Gasteiger partial charge in [-0.15, -0.1) is 26.3 Å². The van der Waals surface area contributed by atoms with E-state index in [1.54, 1.807) is 4.43 Å². The van der Waals surface area contributed by atoms with Gasteiger partial charge in [-0.2, -0.15) is 74.6 Å². The maximum Gasteiger partial charge on any atom is 0.560 e. The first-order valence-corrected chi connectivity index (χ1v) is 11.7. The number of alkyl halides is 23. The molecule has 0 saturated heterocycles. The van der Waals surface area contributed by atoms with Crippen LogP contribution >= 0.6 is 0 Å². The second-order valence-corrected chi connectivity index (χ2v) is 10.4. The van der Waals surface area contributed by atoms with E-state index in [0.717, 1.165) is 0 Å². The Labute approximate surface area is 241 Å². The lowest BCUT2D eigenvalue weighted by Gasteiger charge is -2.43. The molecule has 0 atom stereocenters. The molecule has 48 heavy (non-hydrogen) atoms. The van der Waals surface area contributed by atoms with E-state index in [2.05, 4.69) is 0 Å². The van der Waals surface area contributed by atoms with Crippen LogP contribution in [0.2, 0.25) is 0 Å². The molecule has 0 amide bonds. The fourth-order valence-electron chi connectivity index (χ4n) is 2.78. The topological polar surface area (TPSA) is 27.7 Å². The molecule has 32 heteroatoms. The van der Waals surface area contributed by atoms with Crippen molar-refractivity contribution in [3.63, 3.8) is 0 Å². The van der Waals surface area contributed by atoms with E-state index in [4.69, 9.17) is 0 Å². The van der Waals surface area contributed by atoms with E-state index < -0.39 is 104 Å². The molecular formula is C16F28O3Si. The van der Waals surface area contributed by atoms with Gasteiger partial charge in [0.15, 0.2) is 23.3 Å². The predicted octanol–water partition coefficient (Wildman–Crippen LogP) is 8.58. The van der Waals surface area contributed by atoms with Gasteiger partial charge in [-0.25, -0.2) is 22.0 Å². The fourth-order valence-corrected chi connectivity index (χ4v) is 5.04. The van der Waals surface area contributed by atoms with E-state index in [1.807, 2.05) is 8.85 Å². The highest BCUT2D eigenvalue weighted by atomic mass is 28.4. The lowest BCUT2D eigenvalue weighted by Crippen LogP contribution is -2.76. The number of hydrogen-bond donors (Lipinski definition) is 0. The summed E-state index contributed by atoms with van der Waals surface area (Å²) in [4.78, 5) is 0. The van der Waals surface area contributed by atoms with Crippen molar-refractivity contribution >= 4 is 14.0 Å². The van der Waals surface area contributed by atoms with Crippen LogP contribution in [0.25, 0.3) is 0 Å². The van der Waals surface area contributed by atoms with Gasteiger partial charge >= 0.3 is 69.3 Å². The summed E-state index contributed by atoms with van der Waals surface area (Å²) >= 11 is 0. The van der Waals surface area contributed by atoms with Crippen molar-refractivity contribution in [1.82, 2.24) is 0 Å². The van der Waals surface area contributed by atoms with Crippen LogP contribution in [-0.2, 0) is 13.3 Å². The van der Waals surface area contributed by atoms with Gasteiger partial charge in [-0.05, 0) is 0 Å². The predicted molar refractivity (Wildman–Crippen MR) is 87.7 cm³/mol. The summed E-state index contributed by atoms with van der Waals surface area (Å²) in [7, 11) is -9.70. The number of rotatable bonds is 11. The third kappa shape index (κ3) is 6.63. The second kappa shape index (κ2) is 11.7. The standard InChI is InChI=1S/C16F28O3Si/c17-1-2(18)4(20)6(5(21)3(1)19)48(46-15(39,40)41,47-16(42,43)44)45-14(37,38)12(32,33)10(28,29)8(24,25)7(22,23)9(26,27)11(30,31)13(34,35)36. The summed E-state index contributed by atoms with van der Waals surface area (Å²) in [6.07, 6.45) is -32.1. The Bertz CT molecular complexity index is 1310. The Kier molecular flexibility index (Phi) is 10.6. The normalized spacial score (nSPS) is 15.8. The molecule has 3 nitrogen and oxygen atoms in total. The third-order valence-electron chi connectivity index (χ3n) is 4.97. The Morgan fingerprint density at radius 1 is 0.312 bits per heavy atom. The summed E-state index contributed by atoms with van der Waals surface area (Å²) in [5, 5.41) is -4.37. The van der Waals surface area contributed by atoms with E-state index in [0.29, 0.717) is 0 Å². The average molecular weight is 800 g/mol. The first kappa shape index (κ1) is 43.4. The molecule has 0 radical (unpaired) electrons. The highest BCUT2D eigenvalue weighted by Crippen LogP contribution is 2.64. The Hall–Kier alpha value is -2.64. The molecule has 0 heterocycles. The Morgan fingerprint density at radius 3 is 0.833 bits per heavy atom. The summed E-state index contributed by atoms with van der Waals surface area (Å²) in [5.74, 6) is -75.6. The van der Waals surface area contributed by atoms with Crippen molar-refractivity contribution in [2.45, 2.75) is 60.5 Å². The minimum absolute atomic E-state index is 1.80. The van der Waals surface area contributed by atoms with Crippen LogP contribution in [-0.4, -0.2) is 69.3 Å². The zero-order valence-corrected chi connectivity index (χ0v) is 21.3. The van der Waals surface area contributed by atoms with Crippen LogP contribution in [0.1, 0.15) is 0 Å². The highest BCUT2D eigenvalue weighted by Gasteiger charge is 2.96. The van der Waals surface area contributed by atoms with Gasteiger partial charge in [0, 0.05) is 0 Å². The monoisotopic (exact) mass is 800 g/mol. The molecule has 0 saturated carbocycles. The largest absolute Gasteiger partial charge is 0.560 e. The minimum Gasteiger partial charge on any atom is -0.304 e. The molecule has 0 aromatic heterocycles. The van der Waals surface area contributed by atoms with E-state index >= 15 is 0 Å². The second-order valence-electron chi connectivity index (χ2n) is 8.16. The summed E-state index contributed by atoms with van der Waals surface area (Å²) in [5.41, 5.74) is 0. The Balaban J connectivity index is 4.25. The average Bonchev–Trinajstić information content (AvgIpc) is 2.82. The zero-order chi connectivity index (χ0) is 39.1. The van der Waals surface area contributed by atoms with Gasteiger partial charge in [-0.3, -0.25) is 8.85 Å². The summed E-state index contributed by atoms with van der Waals surface area (Å²) in [6, 6.07) is 0. The molecule has 0 aliphatic rings.